The Kier molecular flexibility index (Phi) is 8.39. The highest BCUT2D eigenvalue weighted by Gasteiger charge is 2.51. The zero-order valence-corrected chi connectivity index (χ0v) is 23.0. The number of aromatic amines is 1. The molecule has 2 aliphatic rings. The van der Waals surface area contributed by atoms with E-state index in [1.54, 1.807) is 18.1 Å². The fourth-order valence-electron chi connectivity index (χ4n) is 3.67. The Hall–Kier alpha value is -3.11. The highest BCUT2D eigenvalue weighted by molar-refractivity contribution is 8.01. The molecule has 0 aromatic carbocycles. The summed E-state index contributed by atoms with van der Waals surface area (Å²) in [5.41, 5.74) is 0.244. The molecule has 4 heterocycles. The lowest BCUT2D eigenvalue weighted by Crippen LogP contribution is -2.70. The Labute approximate surface area is 224 Å². The molecule has 0 saturated carbocycles. The number of hydrogen-bond donors (Lipinski definition) is 3. The number of fused-ring (bicyclic) bond motifs is 1. The van der Waals surface area contributed by atoms with Crippen LogP contribution in [0.25, 0.3) is 0 Å². The van der Waals surface area contributed by atoms with E-state index in [-0.39, 0.29) is 17.0 Å². The Morgan fingerprint density at radius 2 is 2.16 bits per heavy atom. The quantitative estimate of drug-likeness (QED) is 0.122. The van der Waals surface area contributed by atoms with Crippen LogP contribution in [0.15, 0.2) is 37.4 Å². The Balaban J connectivity index is 1.42. The molecule has 2 aromatic rings. The van der Waals surface area contributed by atoms with E-state index in [0.29, 0.717) is 26.7 Å². The van der Waals surface area contributed by atoms with Crippen molar-refractivity contribution >= 4 is 57.5 Å². The second-order valence-electron chi connectivity index (χ2n) is 8.12. The number of aryl methyl sites for hydroxylation is 1. The van der Waals surface area contributed by atoms with Gasteiger partial charge in [0, 0.05) is 37.0 Å². The van der Waals surface area contributed by atoms with E-state index in [1.165, 1.54) is 46.7 Å². The average molecular weight is 567 g/mol. The molecule has 37 heavy (non-hydrogen) atoms. The summed E-state index contributed by atoms with van der Waals surface area (Å²) in [6.07, 6.45) is 2.49. The largest absolute Gasteiger partial charge is 0.398 e. The first-order chi connectivity index (χ1) is 17.7. The van der Waals surface area contributed by atoms with Crippen molar-refractivity contribution in [1.82, 2.24) is 30.0 Å². The van der Waals surface area contributed by atoms with E-state index in [4.69, 9.17) is 4.84 Å². The molecule has 0 aliphatic carbocycles. The minimum atomic E-state index is -0.843. The van der Waals surface area contributed by atoms with Crippen molar-refractivity contribution in [2.24, 2.45) is 12.2 Å². The van der Waals surface area contributed by atoms with Crippen LogP contribution in [0.1, 0.15) is 25.1 Å². The van der Waals surface area contributed by atoms with Gasteiger partial charge >= 0.3 is 11.1 Å². The Bertz CT molecular complexity index is 1380. The summed E-state index contributed by atoms with van der Waals surface area (Å²) in [6, 6.07) is -0.698. The molecule has 198 valence electrons. The molecule has 13 nitrogen and oxygen atoms in total. The molecule has 3 N–H and O–H groups in total. The summed E-state index contributed by atoms with van der Waals surface area (Å²) < 4.78 is 1.40. The summed E-state index contributed by atoms with van der Waals surface area (Å²) >= 11 is 4.12. The normalized spacial score (nSPS) is 19.4. The van der Waals surface area contributed by atoms with Crippen molar-refractivity contribution in [2.45, 2.75) is 36.8 Å². The zero-order valence-electron chi connectivity index (χ0n) is 20.6. The van der Waals surface area contributed by atoms with Crippen LogP contribution in [0.3, 0.4) is 0 Å². The first kappa shape index (κ1) is 26.9. The molecule has 4 rings (SSSR count). The van der Waals surface area contributed by atoms with Gasteiger partial charge in [0.2, 0.25) is 0 Å². The van der Waals surface area contributed by atoms with E-state index in [2.05, 4.69) is 30.9 Å². The van der Waals surface area contributed by atoms with Gasteiger partial charge in [0.15, 0.2) is 16.0 Å². The summed E-state index contributed by atoms with van der Waals surface area (Å²) in [6.45, 7) is 4.66. The third-order valence-corrected chi connectivity index (χ3v) is 9.03. The number of β-lactam (4-membered cyclic amide) rings is 1. The number of allylic oxidation sites excluding steroid dienone is 1. The van der Waals surface area contributed by atoms with Gasteiger partial charge in [-0.15, -0.1) is 11.8 Å². The fraction of sp³-hybridized carbons (Fsp3) is 0.476. The molecule has 2 amide bonds. The lowest BCUT2D eigenvalue weighted by Gasteiger charge is -2.50. The number of amides is 2. The molecule has 2 unspecified atom stereocenters. The maximum Gasteiger partial charge on any atom is 0.339 e. The monoisotopic (exact) mass is 566 g/mol. The van der Waals surface area contributed by atoms with E-state index in [9.17, 15) is 19.2 Å². The standard InChI is InChI=1S/C21H26N8O5S3/c1-5-6-22-20-23-7-12(37-20)13(27-34-4)15(30)24-14-18(33)29-10(2)11(8-35-19(14)29)9-36-21-25-16(31)17(32)26-28(21)3/h7,14,19H,5-6,8-9H2,1-4H3,(H,22,23)(H,24,30)(H,26,32)/b27-13-. The fourth-order valence-corrected chi connectivity index (χ4v) is 7.09. The van der Waals surface area contributed by atoms with Gasteiger partial charge in [-0.3, -0.25) is 33.9 Å². The smallest absolute Gasteiger partial charge is 0.339 e. The van der Waals surface area contributed by atoms with Crippen LogP contribution >= 0.6 is 34.9 Å². The Morgan fingerprint density at radius 3 is 2.89 bits per heavy atom. The number of aromatic nitrogens is 4. The van der Waals surface area contributed by atoms with E-state index in [1.807, 2.05) is 13.8 Å². The first-order valence-corrected chi connectivity index (χ1v) is 14.2. The molecule has 1 saturated heterocycles. The number of oxime groups is 1. The number of nitrogens with one attached hydrogen (secondary N) is 3. The number of thioether (sulfide) groups is 2. The topological polar surface area (TPSA) is 164 Å². The van der Waals surface area contributed by atoms with Crippen LogP contribution in [-0.2, 0) is 21.5 Å². The number of anilines is 1. The summed E-state index contributed by atoms with van der Waals surface area (Å²) in [7, 11) is 2.96. The zero-order chi connectivity index (χ0) is 26.7. The number of rotatable bonds is 10. The summed E-state index contributed by atoms with van der Waals surface area (Å²) in [5, 5.41) is 13.1. The highest BCUT2D eigenvalue weighted by Crippen LogP contribution is 2.41. The maximum absolute atomic E-state index is 13.0. The van der Waals surface area contributed by atoms with Crippen LogP contribution in [0.2, 0.25) is 0 Å². The van der Waals surface area contributed by atoms with Gasteiger partial charge < -0.3 is 15.5 Å². The van der Waals surface area contributed by atoms with Gasteiger partial charge in [-0.25, -0.2) is 4.98 Å². The van der Waals surface area contributed by atoms with Gasteiger partial charge in [-0.2, -0.15) is 4.98 Å². The predicted molar refractivity (Wildman–Crippen MR) is 143 cm³/mol. The lowest BCUT2D eigenvalue weighted by atomic mass is 10.0. The van der Waals surface area contributed by atoms with Gasteiger partial charge in [0.05, 0.1) is 4.88 Å². The maximum atomic E-state index is 13.0. The van der Waals surface area contributed by atoms with Crippen molar-refractivity contribution in [2.75, 3.05) is 30.5 Å². The molecule has 1 fully saturated rings. The van der Waals surface area contributed by atoms with E-state index < -0.39 is 23.1 Å². The van der Waals surface area contributed by atoms with Crippen molar-refractivity contribution in [3.05, 3.63) is 43.1 Å². The molecule has 0 bridgehead atoms. The highest BCUT2D eigenvalue weighted by atomic mass is 32.2. The molecular formula is C21H26N8O5S3. The molecule has 0 spiro atoms. The third kappa shape index (κ3) is 5.60. The molecule has 0 radical (unpaired) electrons. The molecule has 2 atom stereocenters. The van der Waals surface area contributed by atoms with Crippen LogP contribution in [-0.4, -0.2) is 78.8 Å². The predicted octanol–water partition coefficient (Wildman–Crippen LogP) is 0.564. The Morgan fingerprint density at radius 1 is 1.38 bits per heavy atom. The number of thiazole rings is 1. The van der Waals surface area contributed by atoms with Crippen molar-refractivity contribution in [3.63, 3.8) is 0 Å². The van der Waals surface area contributed by atoms with Crippen LogP contribution in [0.5, 0.6) is 0 Å². The summed E-state index contributed by atoms with van der Waals surface area (Å²) in [5.74, 6) is 0.395. The molecule has 2 aromatic heterocycles. The second kappa shape index (κ2) is 11.5. The first-order valence-electron chi connectivity index (χ1n) is 11.3. The number of carbonyl (C=O) groups excluding carboxylic acids is 2. The second-order valence-corrected chi connectivity index (χ2v) is 11.2. The molecule has 2 aliphatic heterocycles. The van der Waals surface area contributed by atoms with Crippen molar-refractivity contribution in [1.29, 1.82) is 0 Å². The van der Waals surface area contributed by atoms with Crippen molar-refractivity contribution in [3.8, 4) is 0 Å². The van der Waals surface area contributed by atoms with Crippen molar-refractivity contribution < 1.29 is 14.4 Å². The summed E-state index contributed by atoms with van der Waals surface area (Å²) in [4.78, 5) is 64.2. The molecule has 16 heteroatoms. The minimum Gasteiger partial charge on any atom is -0.398 e. The molecular weight excluding hydrogens is 540 g/mol. The van der Waals surface area contributed by atoms with Crippen LogP contribution < -0.4 is 21.8 Å². The van der Waals surface area contributed by atoms with Gasteiger partial charge in [-0.1, -0.05) is 35.2 Å². The van der Waals surface area contributed by atoms with Gasteiger partial charge in [0.25, 0.3) is 11.8 Å². The number of hydrogen-bond acceptors (Lipinski definition) is 12. The third-order valence-electron chi connectivity index (χ3n) is 5.62. The van der Waals surface area contributed by atoms with E-state index in [0.717, 1.165) is 24.2 Å². The lowest BCUT2D eigenvalue weighted by molar-refractivity contribution is -0.144. The van der Waals surface area contributed by atoms with Gasteiger partial charge in [-0.05, 0) is 18.9 Å². The van der Waals surface area contributed by atoms with E-state index >= 15 is 0 Å². The number of H-pyrrole nitrogens is 1. The SMILES string of the molecule is CCCNc1ncc(/C(=N/OC)C(=O)NC2C(=O)N3C(C)=C(CSc4nc(=O)c(=O)[nH]n4C)CSC23)s1. The number of carbonyl (C=O) groups is 2. The van der Waals surface area contributed by atoms with Gasteiger partial charge in [0.1, 0.15) is 18.5 Å². The van der Waals surface area contributed by atoms with Crippen LogP contribution in [0.4, 0.5) is 5.13 Å². The number of nitrogens with zero attached hydrogens (tertiary/aromatic N) is 5. The minimum absolute atomic E-state index is 0.0555. The average Bonchev–Trinajstić information content (AvgIpc) is 3.34. The van der Waals surface area contributed by atoms with Crippen LogP contribution in [0, 0.1) is 0 Å².